The van der Waals surface area contributed by atoms with Gasteiger partial charge in [0.1, 0.15) is 5.82 Å². The van der Waals surface area contributed by atoms with Gasteiger partial charge in [0.2, 0.25) is 0 Å². The van der Waals surface area contributed by atoms with Gasteiger partial charge in [-0.05, 0) is 37.1 Å². The fourth-order valence-electron chi connectivity index (χ4n) is 3.47. The summed E-state index contributed by atoms with van der Waals surface area (Å²) in [5.74, 6) is 0.208. The molecular formula is C19H17F2N3O2. The third-order valence-corrected chi connectivity index (χ3v) is 4.66. The lowest BCUT2D eigenvalue weighted by atomic mass is 10.1. The first-order valence-electron chi connectivity index (χ1n) is 8.51. The number of carbonyl (C=O) groups excluding carboxylic acids is 1. The second-order valence-electron chi connectivity index (χ2n) is 6.32. The molecule has 134 valence electrons. The number of halogens is 2. The number of benzene rings is 1. The summed E-state index contributed by atoms with van der Waals surface area (Å²) in [5, 5.41) is 0.717. The van der Waals surface area contributed by atoms with E-state index in [-0.39, 0.29) is 18.2 Å². The predicted octanol–water partition coefficient (Wildman–Crippen LogP) is 4.40. The summed E-state index contributed by atoms with van der Waals surface area (Å²) in [6.07, 6.45) is 0.652. The number of rotatable bonds is 5. The van der Waals surface area contributed by atoms with E-state index in [0.29, 0.717) is 29.0 Å². The first-order valence-corrected chi connectivity index (χ1v) is 8.51. The number of aromatic nitrogens is 2. The van der Waals surface area contributed by atoms with Crippen LogP contribution >= 0.6 is 0 Å². The minimum atomic E-state index is -2.75. The van der Waals surface area contributed by atoms with E-state index in [4.69, 9.17) is 4.42 Å². The maximum atomic E-state index is 13.2. The van der Waals surface area contributed by atoms with Crippen molar-refractivity contribution in [3.8, 4) is 0 Å². The first kappa shape index (κ1) is 16.6. The van der Waals surface area contributed by atoms with Gasteiger partial charge < -0.3 is 9.32 Å². The molecule has 1 aliphatic heterocycles. The van der Waals surface area contributed by atoms with Crippen LogP contribution in [0.25, 0.3) is 10.9 Å². The number of para-hydroxylation sites is 1. The van der Waals surface area contributed by atoms with Crippen LogP contribution in [0.3, 0.4) is 0 Å². The van der Waals surface area contributed by atoms with Crippen LogP contribution in [0, 0.1) is 0 Å². The second kappa shape index (κ2) is 6.82. The molecule has 7 heteroatoms. The fraction of sp³-hybridized carbons (Fsp3) is 0.316. The number of ketones is 1. The summed E-state index contributed by atoms with van der Waals surface area (Å²) in [5.41, 5.74) is 0.482. The molecule has 3 heterocycles. The third kappa shape index (κ3) is 3.05. The highest BCUT2D eigenvalue weighted by atomic mass is 19.3. The van der Waals surface area contributed by atoms with Gasteiger partial charge in [0.15, 0.2) is 17.4 Å². The lowest BCUT2D eigenvalue weighted by molar-refractivity contribution is 0.0947. The topological polar surface area (TPSA) is 59.2 Å². The van der Waals surface area contributed by atoms with Gasteiger partial charge in [-0.2, -0.15) is 0 Å². The van der Waals surface area contributed by atoms with Gasteiger partial charge >= 0.3 is 0 Å². The van der Waals surface area contributed by atoms with Crippen molar-refractivity contribution in [2.75, 3.05) is 11.4 Å². The van der Waals surface area contributed by atoms with Gasteiger partial charge in [-0.3, -0.25) is 4.79 Å². The number of anilines is 1. The van der Waals surface area contributed by atoms with Crippen LogP contribution in [0.2, 0.25) is 0 Å². The average Bonchev–Trinajstić information content (AvgIpc) is 3.32. The number of carbonyl (C=O) groups is 1. The van der Waals surface area contributed by atoms with E-state index in [2.05, 4.69) is 9.97 Å². The number of furan rings is 1. The molecule has 0 N–H and O–H groups in total. The Morgan fingerprint density at radius 3 is 2.85 bits per heavy atom. The predicted molar refractivity (Wildman–Crippen MR) is 92.5 cm³/mol. The lowest BCUT2D eigenvalue weighted by Crippen LogP contribution is -2.32. The third-order valence-electron chi connectivity index (χ3n) is 4.66. The molecule has 4 rings (SSSR count). The van der Waals surface area contributed by atoms with Crippen LogP contribution < -0.4 is 4.90 Å². The van der Waals surface area contributed by atoms with Gasteiger partial charge in [-0.25, -0.2) is 18.7 Å². The van der Waals surface area contributed by atoms with Gasteiger partial charge in [0, 0.05) is 24.4 Å². The largest absolute Gasteiger partial charge is 0.461 e. The van der Waals surface area contributed by atoms with Crippen molar-refractivity contribution in [3.05, 3.63) is 54.2 Å². The molecule has 1 aromatic carbocycles. The number of fused-ring (bicyclic) bond motifs is 1. The van der Waals surface area contributed by atoms with Crippen molar-refractivity contribution in [1.82, 2.24) is 9.97 Å². The molecule has 1 atom stereocenters. The minimum absolute atomic E-state index is 0.0978. The molecular weight excluding hydrogens is 340 g/mol. The van der Waals surface area contributed by atoms with Gasteiger partial charge in [0.25, 0.3) is 6.43 Å². The molecule has 1 aliphatic rings. The Labute approximate surface area is 148 Å². The SMILES string of the molecule is O=C(C[C@@H]1CCCN1c1nc(C(F)F)nc2ccccc12)c1ccco1. The monoisotopic (exact) mass is 357 g/mol. The molecule has 3 aromatic rings. The summed E-state index contributed by atoms with van der Waals surface area (Å²) in [4.78, 5) is 22.5. The van der Waals surface area contributed by atoms with Crippen molar-refractivity contribution in [2.24, 2.45) is 0 Å². The summed E-state index contributed by atoms with van der Waals surface area (Å²) in [6, 6.07) is 10.3. The van der Waals surface area contributed by atoms with E-state index < -0.39 is 12.2 Å². The van der Waals surface area contributed by atoms with Gasteiger partial charge in [-0.1, -0.05) is 12.1 Å². The Hall–Kier alpha value is -2.83. The molecule has 0 bridgehead atoms. The van der Waals surface area contributed by atoms with Crippen LogP contribution in [-0.4, -0.2) is 28.3 Å². The molecule has 0 saturated carbocycles. The van der Waals surface area contributed by atoms with E-state index in [1.807, 2.05) is 17.0 Å². The summed E-state index contributed by atoms with van der Waals surface area (Å²) in [6.45, 7) is 0.666. The van der Waals surface area contributed by atoms with Crippen molar-refractivity contribution < 1.29 is 18.0 Å². The average molecular weight is 357 g/mol. The van der Waals surface area contributed by atoms with E-state index in [1.54, 1.807) is 24.3 Å². The summed E-state index contributed by atoms with van der Waals surface area (Å²) in [7, 11) is 0. The van der Waals surface area contributed by atoms with Crippen molar-refractivity contribution >= 4 is 22.5 Å². The van der Waals surface area contributed by atoms with Crippen molar-refractivity contribution in [3.63, 3.8) is 0 Å². The minimum Gasteiger partial charge on any atom is -0.461 e. The molecule has 0 radical (unpaired) electrons. The highest BCUT2D eigenvalue weighted by molar-refractivity contribution is 5.95. The highest BCUT2D eigenvalue weighted by Crippen LogP contribution is 2.33. The molecule has 0 amide bonds. The zero-order valence-electron chi connectivity index (χ0n) is 13.9. The number of alkyl halides is 2. The van der Waals surface area contributed by atoms with Gasteiger partial charge in [-0.15, -0.1) is 0 Å². The number of nitrogens with zero attached hydrogens (tertiary/aromatic N) is 3. The van der Waals surface area contributed by atoms with Crippen molar-refractivity contribution in [2.45, 2.75) is 31.7 Å². The second-order valence-corrected chi connectivity index (χ2v) is 6.32. The quantitative estimate of drug-likeness (QED) is 0.633. The molecule has 0 aliphatic carbocycles. The molecule has 0 spiro atoms. The summed E-state index contributed by atoms with van der Waals surface area (Å²) >= 11 is 0. The van der Waals surface area contributed by atoms with Gasteiger partial charge in [0.05, 0.1) is 11.8 Å². The van der Waals surface area contributed by atoms with E-state index in [9.17, 15) is 13.6 Å². The summed E-state index contributed by atoms with van der Waals surface area (Å²) < 4.78 is 31.7. The Kier molecular flexibility index (Phi) is 4.36. The van der Waals surface area contributed by atoms with Crippen LogP contribution in [-0.2, 0) is 0 Å². The van der Waals surface area contributed by atoms with Crippen LogP contribution in [0.5, 0.6) is 0 Å². The van der Waals surface area contributed by atoms with E-state index in [0.717, 1.165) is 12.8 Å². The molecule has 1 fully saturated rings. The van der Waals surface area contributed by atoms with Crippen LogP contribution in [0.1, 0.15) is 42.1 Å². The fourth-order valence-corrected chi connectivity index (χ4v) is 3.47. The number of Topliss-reactive ketones (excluding diaryl/α,β-unsaturated/α-hetero) is 1. The van der Waals surface area contributed by atoms with E-state index >= 15 is 0 Å². The van der Waals surface area contributed by atoms with Crippen molar-refractivity contribution in [1.29, 1.82) is 0 Å². The Balaban J connectivity index is 1.70. The maximum absolute atomic E-state index is 13.2. The first-order chi connectivity index (χ1) is 12.6. The molecule has 26 heavy (non-hydrogen) atoms. The lowest BCUT2D eigenvalue weighted by Gasteiger charge is -2.26. The van der Waals surface area contributed by atoms with Crippen LogP contribution in [0.15, 0.2) is 47.1 Å². The zero-order chi connectivity index (χ0) is 18.1. The molecule has 2 aromatic heterocycles. The maximum Gasteiger partial charge on any atom is 0.297 e. The molecule has 5 nitrogen and oxygen atoms in total. The normalized spacial score (nSPS) is 17.3. The molecule has 1 saturated heterocycles. The smallest absolute Gasteiger partial charge is 0.297 e. The van der Waals surface area contributed by atoms with Crippen LogP contribution in [0.4, 0.5) is 14.6 Å². The van der Waals surface area contributed by atoms with E-state index in [1.165, 1.54) is 6.26 Å². The number of hydrogen-bond acceptors (Lipinski definition) is 5. The molecule has 0 unspecified atom stereocenters. The Morgan fingerprint density at radius 2 is 2.08 bits per heavy atom. The Morgan fingerprint density at radius 1 is 1.23 bits per heavy atom. The Bertz CT molecular complexity index is 928. The highest BCUT2D eigenvalue weighted by Gasteiger charge is 2.31. The standard InChI is InChI=1S/C19H17F2N3O2/c20-17(21)18-22-14-7-2-1-6-13(14)19(23-18)24-9-3-5-12(24)11-15(25)16-8-4-10-26-16/h1-2,4,6-8,10,12,17H,3,5,9,11H2/t12-/m0/s1. The number of hydrogen-bond donors (Lipinski definition) is 0. The zero-order valence-corrected chi connectivity index (χ0v) is 13.9.